The Morgan fingerprint density at radius 2 is 1.50 bits per heavy atom. The van der Waals surface area contributed by atoms with E-state index < -0.39 is 17.5 Å². The summed E-state index contributed by atoms with van der Waals surface area (Å²) in [6, 6.07) is 0. The van der Waals surface area contributed by atoms with Crippen LogP contribution in [0, 0.1) is 5.41 Å². The first-order chi connectivity index (χ1) is 8.30. The van der Waals surface area contributed by atoms with Crippen LogP contribution in [0.15, 0.2) is 11.1 Å². The van der Waals surface area contributed by atoms with Crippen LogP contribution in [0.4, 0.5) is 0 Å². The largest absolute Gasteiger partial charge is 0.477 e. The van der Waals surface area contributed by atoms with Gasteiger partial charge in [0.2, 0.25) is 0 Å². The Labute approximate surface area is 109 Å². The standard InChI is InChI=1S/C14H24O4/c1-5-7-9-14(4,8-6-2)10(3)11(12(15)16)13(17)18/h5-9H2,1-4H3,(H,15,16)(H,17,18). The molecule has 0 aliphatic carbocycles. The second-order valence-electron chi connectivity index (χ2n) is 5.02. The number of hydrogen-bond acceptors (Lipinski definition) is 2. The Balaban J connectivity index is 5.50. The normalized spacial score (nSPS) is 13.8. The SMILES string of the molecule is CCCCC(C)(CCC)C(C)=C(C(=O)O)C(=O)O. The zero-order chi connectivity index (χ0) is 14.3. The third-order valence-electron chi connectivity index (χ3n) is 3.59. The van der Waals surface area contributed by atoms with E-state index in [1.54, 1.807) is 6.92 Å². The molecule has 0 aromatic carbocycles. The molecule has 1 atom stereocenters. The van der Waals surface area contributed by atoms with Gasteiger partial charge in [-0.1, -0.05) is 40.0 Å². The van der Waals surface area contributed by atoms with Crippen LogP contribution in [0.5, 0.6) is 0 Å². The first kappa shape index (κ1) is 16.7. The van der Waals surface area contributed by atoms with E-state index >= 15 is 0 Å². The van der Waals surface area contributed by atoms with Gasteiger partial charge in [0, 0.05) is 0 Å². The number of allylic oxidation sites excluding steroid dienone is 1. The van der Waals surface area contributed by atoms with Crippen molar-refractivity contribution < 1.29 is 19.8 Å². The van der Waals surface area contributed by atoms with Crippen LogP contribution >= 0.6 is 0 Å². The van der Waals surface area contributed by atoms with Crippen molar-refractivity contribution in [3.8, 4) is 0 Å². The summed E-state index contributed by atoms with van der Waals surface area (Å²) in [6.45, 7) is 7.70. The first-order valence-corrected chi connectivity index (χ1v) is 6.48. The number of carbonyl (C=O) groups is 2. The van der Waals surface area contributed by atoms with Crippen molar-refractivity contribution in [2.24, 2.45) is 5.41 Å². The number of carboxylic acids is 2. The van der Waals surface area contributed by atoms with Gasteiger partial charge in [-0.05, 0) is 30.8 Å². The zero-order valence-electron chi connectivity index (χ0n) is 11.7. The second-order valence-corrected chi connectivity index (χ2v) is 5.02. The average Bonchev–Trinajstić information content (AvgIpc) is 2.25. The highest BCUT2D eigenvalue weighted by molar-refractivity contribution is 6.13. The summed E-state index contributed by atoms with van der Waals surface area (Å²) in [7, 11) is 0. The molecular formula is C14H24O4. The maximum atomic E-state index is 11.1. The van der Waals surface area contributed by atoms with E-state index in [1.807, 2.05) is 13.8 Å². The quantitative estimate of drug-likeness (QED) is 0.396. The van der Waals surface area contributed by atoms with Gasteiger partial charge in [-0.15, -0.1) is 0 Å². The number of hydrogen-bond donors (Lipinski definition) is 2. The molecule has 0 radical (unpaired) electrons. The Hall–Kier alpha value is -1.32. The van der Waals surface area contributed by atoms with Crippen molar-refractivity contribution in [2.75, 3.05) is 0 Å². The van der Waals surface area contributed by atoms with Crippen molar-refractivity contribution in [3.63, 3.8) is 0 Å². The summed E-state index contributed by atoms with van der Waals surface area (Å²) < 4.78 is 0. The molecule has 104 valence electrons. The first-order valence-electron chi connectivity index (χ1n) is 6.48. The van der Waals surface area contributed by atoms with E-state index in [4.69, 9.17) is 10.2 Å². The van der Waals surface area contributed by atoms with Crippen LogP contribution in [0.3, 0.4) is 0 Å². The molecule has 4 heteroatoms. The molecule has 0 aromatic heterocycles. The van der Waals surface area contributed by atoms with Crippen molar-refractivity contribution in [1.82, 2.24) is 0 Å². The van der Waals surface area contributed by atoms with Gasteiger partial charge in [0.1, 0.15) is 5.57 Å². The summed E-state index contributed by atoms with van der Waals surface area (Å²) in [5, 5.41) is 18.1. The van der Waals surface area contributed by atoms with Crippen LogP contribution in [0.2, 0.25) is 0 Å². The van der Waals surface area contributed by atoms with E-state index in [1.165, 1.54) is 0 Å². The number of rotatable bonds is 8. The van der Waals surface area contributed by atoms with Gasteiger partial charge < -0.3 is 10.2 Å². The fourth-order valence-corrected chi connectivity index (χ4v) is 2.33. The summed E-state index contributed by atoms with van der Waals surface area (Å²) in [5.74, 6) is -2.70. The van der Waals surface area contributed by atoms with Gasteiger partial charge in [0.15, 0.2) is 0 Å². The monoisotopic (exact) mass is 256 g/mol. The summed E-state index contributed by atoms with van der Waals surface area (Å²) in [6.07, 6.45) is 4.53. The van der Waals surface area contributed by atoms with E-state index in [9.17, 15) is 9.59 Å². The minimum Gasteiger partial charge on any atom is -0.477 e. The lowest BCUT2D eigenvalue weighted by Crippen LogP contribution is -2.24. The molecule has 0 saturated heterocycles. The van der Waals surface area contributed by atoms with E-state index in [0.717, 1.165) is 32.1 Å². The van der Waals surface area contributed by atoms with Crippen LogP contribution in [0.25, 0.3) is 0 Å². The molecule has 0 aromatic rings. The van der Waals surface area contributed by atoms with E-state index in [0.29, 0.717) is 5.57 Å². The fraction of sp³-hybridized carbons (Fsp3) is 0.714. The van der Waals surface area contributed by atoms with Crippen molar-refractivity contribution in [1.29, 1.82) is 0 Å². The smallest absolute Gasteiger partial charge is 0.343 e. The predicted octanol–water partition coefficient (Wildman–Crippen LogP) is 3.47. The minimum atomic E-state index is -1.35. The van der Waals surface area contributed by atoms with Gasteiger partial charge in [0.05, 0.1) is 0 Å². The molecule has 0 spiro atoms. The number of unbranched alkanes of at least 4 members (excludes halogenated alkanes) is 1. The molecule has 0 amide bonds. The van der Waals surface area contributed by atoms with Crippen LogP contribution < -0.4 is 0 Å². The van der Waals surface area contributed by atoms with E-state index in [2.05, 4.69) is 6.92 Å². The summed E-state index contributed by atoms with van der Waals surface area (Å²) in [5.41, 5.74) is -0.323. The lowest BCUT2D eigenvalue weighted by Gasteiger charge is -2.31. The fourth-order valence-electron chi connectivity index (χ4n) is 2.33. The summed E-state index contributed by atoms with van der Waals surface area (Å²) >= 11 is 0. The van der Waals surface area contributed by atoms with Crippen LogP contribution in [-0.4, -0.2) is 22.2 Å². The minimum absolute atomic E-state index is 0.336. The predicted molar refractivity (Wildman–Crippen MR) is 70.5 cm³/mol. The molecule has 0 saturated carbocycles. The molecule has 0 rings (SSSR count). The zero-order valence-corrected chi connectivity index (χ0v) is 11.7. The van der Waals surface area contributed by atoms with Gasteiger partial charge in [-0.3, -0.25) is 0 Å². The lowest BCUT2D eigenvalue weighted by molar-refractivity contribution is -0.140. The topological polar surface area (TPSA) is 74.6 Å². The molecule has 4 nitrogen and oxygen atoms in total. The second kappa shape index (κ2) is 7.19. The molecule has 18 heavy (non-hydrogen) atoms. The summed E-state index contributed by atoms with van der Waals surface area (Å²) in [4.78, 5) is 22.1. The van der Waals surface area contributed by atoms with Gasteiger partial charge in [-0.2, -0.15) is 0 Å². The van der Waals surface area contributed by atoms with Crippen molar-refractivity contribution in [2.45, 2.75) is 59.8 Å². The highest BCUT2D eigenvalue weighted by Crippen LogP contribution is 2.39. The number of aliphatic carboxylic acids is 2. The molecular weight excluding hydrogens is 232 g/mol. The molecule has 0 bridgehead atoms. The van der Waals surface area contributed by atoms with Gasteiger partial charge in [-0.25, -0.2) is 9.59 Å². The molecule has 1 unspecified atom stereocenters. The van der Waals surface area contributed by atoms with Crippen molar-refractivity contribution in [3.05, 3.63) is 11.1 Å². The van der Waals surface area contributed by atoms with Crippen molar-refractivity contribution >= 4 is 11.9 Å². The Bertz CT molecular complexity index is 328. The van der Waals surface area contributed by atoms with Gasteiger partial charge in [0.25, 0.3) is 0 Å². The number of carboxylic acid groups (broad SMARTS) is 2. The molecule has 0 heterocycles. The van der Waals surface area contributed by atoms with E-state index in [-0.39, 0.29) is 5.41 Å². The molecule has 0 aliphatic rings. The highest BCUT2D eigenvalue weighted by atomic mass is 16.4. The third kappa shape index (κ3) is 4.17. The molecule has 2 N–H and O–H groups in total. The average molecular weight is 256 g/mol. The Kier molecular flexibility index (Phi) is 6.66. The van der Waals surface area contributed by atoms with Gasteiger partial charge >= 0.3 is 11.9 Å². The maximum Gasteiger partial charge on any atom is 0.343 e. The maximum absolute atomic E-state index is 11.1. The Morgan fingerprint density at radius 3 is 1.83 bits per heavy atom. The lowest BCUT2D eigenvalue weighted by atomic mass is 9.73. The van der Waals surface area contributed by atoms with Crippen LogP contribution in [-0.2, 0) is 9.59 Å². The van der Waals surface area contributed by atoms with Crippen LogP contribution in [0.1, 0.15) is 59.8 Å². The molecule has 0 fully saturated rings. The highest BCUT2D eigenvalue weighted by Gasteiger charge is 2.32. The third-order valence-corrected chi connectivity index (χ3v) is 3.59. The Morgan fingerprint density at radius 1 is 1.00 bits per heavy atom. The molecule has 0 aliphatic heterocycles.